The van der Waals surface area contributed by atoms with E-state index in [-0.39, 0.29) is 0 Å². The minimum absolute atomic E-state index is 0.907. The first kappa shape index (κ1) is 15.1. The first-order valence-corrected chi connectivity index (χ1v) is 7.58. The molecule has 0 fully saturated rings. The van der Waals surface area contributed by atoms with Gasteiger partial charge >= 0.3 is 0 Å². The number of hydrogen-bond donors (Lipinski definition) is 1. The summed E-state index contributed by atoms with van der Waals surface area (Å²) >= 11 is 0. The number of anilines is 1. The second kappa shape index (κ2) is 8.17. The number of nitrogens with two attached hydrogens (primary N) is 1. The van der Waals surface area contributed by atoms with Gasteiger partial charge in [-0.05, 0) is 19.3 Å². The highest BCUT2D eigenvalue weighted by molar-refractivity contribution is 5.38. The molecule has 0 aliphatic carbocycles. The lowest BCUT2D eigenvalue weighted by Gasteiger charge is -2.06. The van der Waals surface area contributed by atoms with E-state index in [4.69, 9.17) is 10.7 Å². The van der Waals surface area contributed by atoms with E-state index >= 15 is 0 Å². The Morgan fingerprint density at radius 2 is 1.72 bits per heavy atom. The maximum absolute atomic E-state index is 6.21. The molecule has 1 aromatic heterocycles. The molecule has 0 aliphatic heterocycles. The van der Waals surface area contributed by atoms with Gasteiger partial charge in [0.2, 0.25) is 0 Å². The average molecular weight is 251 g/mol. The Morgan fingerprint density at radius 3 is 2.33 bits per heavy atom. The normalized spacial score (nSPS) is 11.1. The van der Waals surface area contributed by atoms with E-state index in [1.54, 1.807) is 0 Å². The van der Waals surface area contributed by atoms with Gasteiger partial charge in [0.15, 0.2) is 0 Å². The molecular formula is C15H29N3. The summed E-state index contributed by atoms with van der Waals surface area (Å²) in [6, 6.07) is 0. The predicted molar refractivity (Wildman–Crippen MR) is 78.8 cm³/mol. The van der Waals surface area contributed by atoms with Crippen molar-refractivity contribution >= 4 is 5.82 Å². The summed E-state index contributed by atoms with van der Waals surface area (Å²) in [7, 11) is 0. The monoisotopic (exact) mass is 251 g/mol. The third-order valence-corrected chi connectivity index (χ3v) is 3.44. The second-order valence-corrected chi connectivity index (χ2v) is 5.03. The molecule has 0 amide bonds. The van der Waals surface area contributed by atoms with Crippen LogP contribution in [0.15, 0.2) is 0 Å². The fourth-order valence-corrected chi connectivity index (χ4v) is 2.39. The van der Waals surface area contributed by atoms with Crippen LogP contribution >= 0.6 is 0 Å². The van der Waals surface area contributed by atoms with E-state index in [0.717, 1.165) is 43.1 Å². The Bertz CT molecular complexity index is 342. The van der Waals surface area contributed by atoms with Crippen LogP contribution in [0.25, 0.3) is 0 Å². The minimum Gasteiger partial charge on any atom is -0.384 e. The van der Waals surface area contributed by atoms with Crippen molar-refractivity contribution in [2.75, 3.05) is 5.73 Å². The number of rotatable bonds is 9. The van der Waals surface area contributed by atoms with Crippen LogP contribution in [0.3, 0.4) is 0 Å². The molecule has 1 heterocycles. The molecule has 1 rings (SSSR count). The molecule has 104 valence electrons. The topological polar surface area (TPSA) is 43.8 Å². The van der Waals surface area contributed by atoms with Crippen molar-refractivity contribution in [1.29, 1.82) is 0 Å². The first-order chi connectivity index (χ1) is 8.74. The van der Waals surface area contributed by atoms with Crippen LogP contribution in [0.4, 0.5) is 5.82 Å². The highest BCUT2D eigenvalue weighted by Gasteiger charge is 2.12. The Balaban J connectivity index is 2.54. The van der Waals surface area contributed by atoms with Crippen molar-refractivity contribution in [2.24, 2.45) is 0 Å². The van der Waals surface area contributed by atoms with Gasteiger partial charge in [-0.3, -0.25) is 0 Å². The van der Waals surface area contributed by atoms with Gasteiger partial charge in [0.25, 0.3) is 0 Å². The largest absolute Gasteiger partial charge is 0.384 e. The summed E-state index contributed by atoms with van der Waals surface area (Å²) in [5.74, 6) is 2.06. The number of imidazole rings is 1. The quantitative estimate of drug-likeness (QED) is 0.675. The summed E-state index contributed by atoms with van der Waals surface area (Å²) < 4.78 is 2.20. The van der Waals surface area contributed by atoms with Crippen LogP contribution in [-0.2, 0) is 19.4 Å². The third-order valence-electron chi connectivity index (χ3n) is 3.44. The van der Waals surface area contributed by atoms with E-state index < -0.39 is 0 Å². The first-order valence-electron chi connectivity index (χ1n) is 7.58. The maximum Gasteiger partial charge on any atom is 0.126 e. The fourth-order valence-electron chi connectivity index (χ4n) is 2.39. The number of nitrogens with zero attached hydrogens (tertiary/aromatic N) is 2. The number of hydrogen-bond acceptors (Lipinski definition) is 2. The molecule has 2 N–H and O–H groups in total. The van der Waals surface area contributed by atoms with Gasteiger partial charge in [-0.1, -0.05) is 46.5 Å². The number of aryl methyl sites for hydroxylation is 2. The maximum atomic E-state index is 6.21. The Kier molecular flexibility index (Phi) is 6.84. The van der Waals surface area contributed by atoms with Gasteiger partial charge in [0.05, 0.1) is 5.69 Å². The van der Waals surface area contributed by atoms with Crippen molar-refractivity contribution in [3.05, 3.63) is 11.5 Å². The molecule has 0 unspecified atom stereocenters. The molecule has 0 atom stereocenters. The Morgan fingerprint density at radius 1 is 1.00 bits per heavy atom. The third kappa shape index (κ3) is 4.04. The summed E-state index contributed by atoms with van der Waals surface area (Å²) in [5, 5.41) is 0. The standard InChI is InChI=1S/C15H29N3/c1-4-7-8-9-10-11-13-15(16)18(12-5-2)14(6-3)17-13/h4-12,16H2,1-3H3. The zero-order chi connectivity index (χ0) is 13.4. The number of aromatic nitrogens is 2. The molecule has 0 aromatic carbocycles. The van der Waals surface area contributed by atoms with E-state index in [9.17, 15) is 0 Å². The summed E-state index contributed by atoms with van der Waals surface area (Å²) in [6.45, 7) is 7.58. The Hall–Kier alpha value is -0.990. The highest BCUT2D eigenvalue weighted by Crippen LogP contribution is 2.18. The molecule has 0 bridgehead atoms. The molecule has 1 aromatic rings. The average Bonchev–Trinajstić information content (AvgIpc) is 2.67. The molecule has 0 saturated heterocycles. The van der Waals surface area contributed by atoms with Crippen molar-refractivity contribution < 1.29 is 0 Å². The van der Waals surface area contributed by atoms with Crippen LogP contribution < -0.4 is 5.73 Å². The minimum atomic E-state index is 0.907. The van der Waals surface area contributed by atoms with E-state index in [1.807, 2.05) is 0 Å². The Labute approximate surface area is 112 Å². The van der Waals surface area contributed by atoms with Gasteiger partial charge in [-0.2, -0.15) is 0 Å². The molecule has 0 spiro atoms. The number of nitrogen functional groups attached to an aromatic ring is 1. The fraction of sp³-hybridized carbons (Fsp3) is 0.800. The molecule has 0 saturated carbocycles. The SMILES string of the molecule is CCCCCCCc1nc(CC)n(CCC)c1N. The molecule has 18 heavy (non-hydrogen) atoms. The molecular weight excluding hydrogens is 222 g/mol. The lowest BCUT2D eigenvalue weighted by molar-refractivity contribution is 0.629. The predicted octanol–water partition coefficient (Wildman–Crippen LogP) is 3.95. The van der Waals surface area contributed by atoms with Crippen LogP contribution in [0.2, 0.25) is 0 Å². The lowest BCUT2D eigenvalue weighted by Crippen LogP contribution is -2.06. The van der Waals surface area contributed by atoms with Gasteiger partial charge in [0, 0.05) is 13.0 Å². The van der Waals surface area contributed by atoms with Gasteiger partial charge in [-0.15, -0.1) is 0 Å². The van der Waals surface area contributed by atoms with E-state index in [1.165, 1.54) is 32.1 Å². The van der Waals surface area contributed by atoms with Crippen LogP contribution in [-0.4, -0.2) is 9.55 Å². The van der Waals surface area contributed by atoms with Crippen molar-refractivity contribution in [3.8, 4) is 0 Å². The zero-order valence-corrected chi connectivity index (χ0v) is 12.3. The van der Waals surface area contributed by atoms with Crippen LogP contribution in [0, 0.1) is 0 Å². The molecule has 3 heteroatoms. The van der Waals surface area contributed by atoms with Crippen molar-refractivity contribution in [1.82, 2.24) is 9.55 Å². The summed E-state index contributed by atoms with van der Waals surface area (Å²) in [6.07, 6.45) is 9.63. The van der Waals surface area contributed by atoms with E-state index in [2.05, 4.69) is 25.3 Å². The van der Waals surface area contributed by atoms with E-state index in [0.29, 0.717) is 0 Å². The van der Waals surface area contributed by atoms with Crippen molar-refractivity contribution in [2.45, 2.75) is 78.7 Å². The van der Waals surface area contributed by atoms with Gasteiger partial charge in [0.1, 0.15) is 11.6 Å². The summed E-state index contributed by atoms with van der Waals surface area (Å²) in [4.78, 5) is 4.70. The van der Waals surface area contributed by atoms with Crippen LogP contribution in [0.1, 0.15) is 70.8 Å². The highest BCUT2D eigenvalue weighted by atomic mass is 15.1. The van der Waals surface area contributed by atoms with Gasteiger partial charge in [-0.25, -0.2) is 4.98 Å². The number of unbranched alkanes of at least 4 members (excludes halogenated alkanes) is 4. The second-order valence-electron chi connectivity index (χ2n) is 5.03. The lowest BCUT2D eigenvalue weighted by atomic mass is 10.1. The van der Waals surface area contributed by atoms with Crippen molar-refractivity contribution in [3.63, 3.8) is 0 Å². The smallest absolute Gasteiger partial charge is 0.126 e. The zero-order valence-electron chi connectivity index (χ0n) is 12.3. The van der Waals surface area contributed by atoms with Crippen LogP contribution in [0.5, 0.6) is 0 Å². The molecule has 0 radical (unpaired) electrons. The summed E-state index contributed by atoms with van der Waals surface area (Å²) in [5.41, 5.74) is 7.33. The van der Waals surface area contributed by atoms with Gasteiger partial charge < -0.3 is 10.3 Å². The molecule has 3 nitrogen and oxygen atoms in total. The molecule has 0 aliphatic rings.